The number of aliphatic hydroxyl groups excluding tert-OH is 1. The summed E-state index contributed by atoms with van der Waals surface area (Å²) >= 11 is 0. The van der Waals surface area contributed by atoms with Crippen LogP contribution in [-0.2, 0) is 4.79 Å². The van der Waals surface area contributed by atoms with Gasteiger partial charge in [0, 0.05) is 14.1 Å². The van der Waals surface area contributed by atoms with E-state index in [0.29, 0.717) is 4.90 Å². The van der Waals surface area contributed by atoms with Gasteiger partial charge < -0.3 is 10.0 Å². The lowest BCUT2D eigenvalue weighted by molar-refractivity contribution is -0.440. The molecule has 0 aromatic carbocycles. The van der Waals surface area contributed by atoms with Gasteiger partial charge in [-0.1, -0.05) is 0 Å². The summed E-state index contributed by atoms with van der Waals surface area (Å²) in [6.45, 7) is 0. The quantitative estimate of drug-likeness (QED) is 0.622. The first-order valence-electron chi connectivity index (χ1n) is 6.34. The molecule has 0 aromatic rings. The Morgan fingerprint density at radius 1 is 0.741 bits per heavy atom. The van der Waals surface area contributed by atoms with E-state index in [1.54, 1.807) is 0 Å². The standard InChI is InChI=1S/C11H10F13NO2/c1-25(2)5(27)4(26)3-6(12,13)7(14,15)8(16,17)9(18,19)10(20,21)11(22,23)24/h4,26H,3H2,1-2H3. The Balaban J connectivity index is 6.12. The van der Waals surface area contributed by atoms with Crippen LogP contribution in [0.25, 0.3) is 0 Å². The van der Waals surface area contributed by atoms with E-state index in [1.165, 1.54) is 0 Å². The molecular formula is C11H10F13NO2. The zero-order valence-electron chi connectivity index (χ0n) is 13.0. The summed E-state index contributed by atoms with van der Waals surface area (Å²) in [5.74, 6) is -39.6. The van der Waals surface area contributed by atoms with E-state index in [9.17, 15) is 61.9 Å². The molecule has 27 heavy (non-hydrogen) atoms. The molecule has 162 valence electrons. The van der Waals surface area contributed by atoms with Crippen LogP contribution in [0.3, 0.4) is 0 Å². The molecule has 0 bridgehead atoms. The molecule has 1 N–H and O–H groups in total. The first kappa shape index (κ1) is 25.5. The molecular weight excluding hydrogens is 425 g/mol. The van der Waals surface area contributed by atoms with Crippen LogP contribution in [0.5, 0.6) is 0 Å². The predicted molar refractivity (Wildman–Crippen MR) is 60.1 cm³/mol. The van der Waals surface area contributed by atoms with Crippen LogP contribution in [0.1, 0.15) is 6.42 Å². The minimum Gasteiger partial charge on any atom is -0.383 e. The first-order chi connectivity index (χ1) is 11.5. The molecule has 0 rings (SSSR count). The molecule has 0 radical (unpaired) electrons. The fraction of sp³-hybridized carbons (Fsp3) is 0.909. The molecule has 0 aliphatic carbocycles. The van der Waals surface area contributed by atoms with Crippen molar-refractivity contribution in [2.45, 2.75) is 48.3 Å². The largest absolute Gasteiger partial charge is 0.460 e. The zero-order valence-corrected chi connectivity index (χ0v) is 13.0. The van der Waals surface area contributed by atoms with Crippen molar-refractivity contribution < 1.29 is 67.0 Å². The van der Waals surface area contributed by atoms with Crippen LogP contribution in [0.15, 0.2) is 0 Å². The second-order valence-electron chi connectivity index (χ2n) is 5.45. The predicted octanol–water partition coefficient (Wildman–Crippen LogP) is 3.56. The third-order valence-electron chi connectivity index (χ3n) is 3.17. The monoisotopic (exact) mass is 435 g/mol. The Hall–Kier alpha value is -1.48. The van der Waals surface area contributed by atoms with Gasteiger partial charge in [-0.05, 0) is 0 Å². The zero-order chi connectivity index (χ0) is 22.4. The number of carbonyl (C=O) groups is 1. The van der Waals surface area contributed by atoms with Gasteiger partial charge in [-0.3, -0.25) is 4.79 Å². The molecule has 0 saturated heterocycles. The average molecular weight is 435 g/mol. The number of hydrogen-bond acceptors (Lipinski definition) is 2. The van der Waals surface area contributed by atoms with Gasteiger partial charge in [-0.15, -0.1) is 0 Å². The summed E-state index contributed by atoms with van der Waals surface area (Å²) in [6.07, 6.45) is -13.7. The van der Waals surface area contributed by atoms with Crippen LogP contribution in [0.2, 0.25) is 0 Å². The molecule has 0 aliphatic heterocycles. The second kappa shape index (κ2) is 6.84. The Labute approximate surface area is 141 Å². The number of rotatable bonds is 7. The molecule has 3 nitrogen and oxygen atoms in total. The highest BCUT2D eigenvalue weighted by Gasteiger charge is 2.90. The maximum absolute atomic E-state index is 13.4. The SMILES string of the molecule is CN(C)C(=O)C(O)CC(F)(F)C(F)(F)C(F)(F)C(F)(F)C(F)(F)C(F)(F)F. The summed E-state index contributed by atoms with van der Waals surface area (Å²) in [6, 6.07) is 0. The van der Waals surface area contributed by atoms with Gasteiger partial charge in [0.1, 0.15) is 6.10 Å². The van der Waals surface area contributed by atoms with Gasteiger partial charge in [0.2, 0.25) is 0 Å². The summed E-state index contributed by atoms with van der Waals surface area (Å²) in [5, 5.41) is 8.98. The van der Waals surface area contributed by atoms with Crippen molar-refractivity contribution in [3.05, 3.63) is 0 Å². The van der Waals surface area contributed by atoms with Crippen LogP contribution >= 0.6 is 0 Å². The molecule has 0 aliphatic rings. The van der Waals surface area contributed by atoms with E-state index < -0.39 is 54.2 Å². The Morgan fingerprint density at radius 3 is 1.37 bits per heavy atom. The maximum atomic E-state index is 13.4. The van der Waals surface area contributed by atoms with Crippen LogP contribution < -0.4 is 0 Å². The lowest BCUT2D eigenvalue weighted by Crippen LogP contribution is -2.70. The highest BCUT2D eigenvalue weighted by Crippen LogP contribution is 2.60. The number of likely N-dealkylation sites (N-methyl/N-ethyl adjacent to an activating group) is 1. The Morgan fingerprint density at radius 2 is 1.07 bits per heavy atom. The first-order valence-corrected chi connectivity index (χ1v) is 6.34. The van der Waals surface area contributed by atoms with Gasteiger partial charge in [0.05, 0.1) is 6.42 Å². The molecule has 0 aromatic heterocycles. The van der Waals surface area contributed by atoms with Crippen LogP contribution in [0.4, 0.5) is 57.1 Å². The molecule has 0 fully saturated rings. The fourth-order valence-electron chi connectivity index (χ4n) is 1.56. The average Bonchev–Trinajstić information content (AvgIpc) is 2.43. The highest BCUT2D eigenvalue weighted by molar-refractivity contribution is 5.80. The Bertz CT molecular complexity index is 555. The van der Waals surface area contributed by atoms with Crippen molar-refractivity contribution >= 4 is 5.91 Å². The number of hydrogen-bond donors (Lipinski definition) is 1. The molecule has 1 unspecified atom stereocenters. The topological polar surface area (TPSA) is 40.5 Å². The van der Waals surface area contributed by atoms with Crippen LogP contribution in [-0.4, -0.2) is 71.9 Å². The summed E-state index contributed by atoms with van der Waals surface area (Å²) in [5.41, 5.74) is 0. The van der Waals surface area contributed by atoms with E-state index in [4.69, 9.17) is 5.11 Å². The van der Waals surface area contributed by atoms with Gasteiger partial charge in [0.25, 0.3) is 5.91 Å². The van der Waals surface area contributed by atoms with Crippen molar-refractivity contribution in [3.8, 4) is 0 Å². The van der Waals surface area contributed by atoms with Crippen molar-refractivity contribution in [1.29, 1.82) is 0 Å². The summed E-state index contributed by atoms with van der Waals surface area (Å²) in [7, 11) is 1.54. The summed E-state index contributed by atoms with van der Waals surface area (Å²) in [4.78, 5) is 11.4. The molecule has 16 heteroatoms. The molecule has 0 spiro atoms. The van der Waals surface area contributed by atoms with Crippen molar-refractivity contribution in [3.63, 3.8) is 0 Å². The lowest BCUT2D eigenvalue weighted by atomic mass is 9.91. The number of alkyl halides is 13. The van der Waals surface area contributed by atoms with Gasteiger partial charge in [-0.2, -0.15) is 57.1 Å². The number of nitrogens with zero attached hydrogens (tertiary/aromatic N) is 1. The van der Waals surface area contributed by atoms with E-state index in [2.05, 4.69) is 0 Å². The minimum absolute atomic E-state index is 0.295. The normalized spacial score (nSPS) is 16.3. The van der Waals surface area contributed by atoms with Crippen molar-refractivity contribution in [2.75, 3.05) is 14.1 Å². The third-order valence-corrected chi connectivity index (χ3v) is 3.17. The van der Waals surface area contributed by atoms with Gasteiger partial charge in [-0.25, -0.2) is 0 Å². The Kier molecular flexibility index (Phi) is 6.47. The third kappa shape index (κ3) is 3.89. The van der Waals surface area contributed by atoms with Crippen molar-refractivity contribution in [1.82, 2.24) is 4.90 Å². The molecule has 0 heterocycles. The number of carbonyl (C=O) groups excluding carboxylic acids is 1. The second-order valence-corrected chi connectivity index (χ2v) is 5.45. The van der Waals surface area contributed by atoms with Gasteiger partial charge in [0.15, 0.2) is 0 Å². The number of halogens is 13. The minimum atomic E-state index is -8.01. The highest BCUT2D eigenvalue weighted by atomic mass is 19.4. The fourth-order valence-corrected chi connectivity index (χ4v) is 1.56. The van der Waals surface area contributed by atoms with E-state index in [1.807, 2.05) is 0 Å². The summed E-state index contributed by atoms with van der Waals surface area (Å²) < 4.78 is 166. The smallest absolute Gasteiger partial charge is 0.383 e. The molecule has 0 saturated carbocycles. The number of aliphatic hydroxyl groups is 1. The van der Waals surface area contributed by atoms with Crippen molar-refractivity contribution in [2.24, 2.45) is 0 Å². The number of amides is 1. The van der Waals surface area contributed by atoms with Gasteiger partial charge >= 0.3 is 35.8 Å². The van der Waals surface area contributed by atoms with Crippen LogP contribution in [0, 0.1) is 0 Å². The lowest BCUT2D eigenvalue weighted by Gasteiger charge is -2.40. The molecule has 1 amide bonds. The van der Waals surface area contributed by atoms with E-state index in [0.717, 1.165) is 14.1 Å². The van der Waals surface area contributed by atoms with E-state index in [-0.39, 0.29) is 0 Å². The van der Waals surface area contributed by atoms with E-state index >= 15 is 0 Å². The maximum Gasteiger partial charge on any atom is 0.460 e. The molecule has 1 atom stereocenters.